The van der Waals surface area contributed by atoms with Crippen molar-refractivity contribution in [1.29, 1.82) is 0 Å². The highest BCUT2D eigenvalue weighted by molar-refractivity contribution is 8.00. The normalized spacial score (nSPS) is 12.1. The first kappa shape index (κ1) is 17.0. The fourth-order valence-corrected chi connectivity index (χ4v) is 3.00. The van der Waals surface area contributed by atoms with Crippen molar-refractivity contribution in [1.82, 2.24) is 19.9 Å². The monoisotopic (exact) mass is 361 g/mol. The first-order chi connectivity index (χ1) is 12.0. The number of rotatable bonds is 5. The molecule has 0 unspecified atom stereocenters. The van der Waals surface area contributed by atoms with Crippen LogP contribution in [0.3, 0.4) is 0 Å². The molecule has 2 N–H and O–H groups in total. The molecule has 3 aromatic rings. The van der Waals surface area contributed by atoms with Crippen LogP contribution >= 0.6 is 11.8 Å². The highest BCUT2D eigenvalue weighted by Crippen LogP contribution is 2.26. The van der Waals surface area contributed by atoms with E-state index >= 15 is 0 Å². The Balaban J connectivity index is 1.79. The van der Waals surface area contributed by atoms with E-state index in [0.29, 0.717) is 11.0 Å². The summed E-state index contributed by atoms with van der Waals surface area (Å²) >= 11 is 1.08. The summed E-state index contributed by atoms with van der Waals surface area (Å²) in [5, 5.41) is 7.72. The molecule has 1 atom stereocenters. The van der Waals surface area contributed by atoms with Crippen LogP contribution in [0.5, 0.6) is 0 Å². The number of aromatic nitrogens is 4. The number of nitrogens with two attached hydrogens (primary N) is 1. The third kappa shape index (κ3) is 3.50. The predicted molar refractivity (Wildman–Crippen MR) is 89.4 cm³/mol. The number of halogens is 2. The molecule has 2 aromatic heterocycles. The standard InChI is InChI=1S/C16H13F2N5OS/c1-9(14(24)11-2-3-12(17)13(18)8-11)25-16-22-21-15(23(16)19)10-4-6-20-7-5-10/h2-9H,19H2,1H3/t9-/m1/s1. The molecule has 0 amide bonds. The molecule has 0 radical (unpaired) electrons. The van der Waals surface area contributed by atoms with Gasteiger partial charge in [-0.1, -0.05) is 11.8 Å². The zero-order valence-corrected chi connectivity index (χ0v) is 13.9. The number of nitrogens with zero attached hydrogens (tertiary/aromatic N) is 4. The van der Waals surface area contributed by atoms with Crippen molar-refractivity contribution in [3.63, 3.8) is 0 Å². The lowest BCUT2D eigenvalue weighted by atomic mass is 10.1. The number of ketones is 1. The second-order valence-electron chi connectivity index (χ2n) is 5.17. The van der Waals surface area contributed by atoms with Gasteiger partial charge in [0.25, 0.3) is 0 Å². The van der Waals surface area contributed by atoms with Gasteiger partial charge in [0.1, 0.15) is 0 Å². The van der Waals surface area contributed by atoms with Crippen molar-refractivity contribution in [2.75, 3.05) is 5.84 Å². The molecule has 2 heterocycles. The van der Waals surface area contributed by atoms with Crippen molar-refractivity contribution < 1.29 is 13.6 Å². The Morgan fingerprint density at radius 3 is 2.56 bits per heavy atom. The number of thioether (sulfide) groups is 1. The van der Waals surface area contributed by atoms with Gasteiger partial charge in [0.15, 0.2) is 23.2 Å². The van der Waals surface area contributed by atoms with Gasteiger partial charge in [-0.3, -0.25) is 9.78 Å². The van der Waals surface area contributed by atoms with Crippen LogP contribution < -0.4 is 5.84 Å². The zero-order valence-electron chi connectivity index (χ0n) is 13.1. The molecule has 3 rings (SSSR count). The van der Waals surface area contributed by atoms with Crippen LogP contribution in [0.1, 0.15) is 17.3 Å². The van der Waals surface area contributed by atoms with E-state index in [1.807, 2.05) is 0 Å². The van der Waals surface area contributed by atoms with Gasteiger partial charge in [0.05, 0.1) is 5.25 Å². The number of carbonyl (C=O) groups is 1. The number of nitrogen functional groups attached to an aromatic ring is 1. The Bertz CT molecular complexity index is 916. The summed E-state index contributed by atoms with van der Waals surface area (Å²) in [5.41, 5.74) is 0.813. The molecule has 0 bridgehead atoms. The van der Waals surface area contributed by atoms with Crippen LogP contribution in [0.4, 0.5) is 8.78 Å². The van der Waals surface area contributed by atoms with Crippen molar-refractivity contribution in [3.05, 3.63) is 59.9 Å². The van der Waals surface area contributed by atoms with E-state index in [1.54, 1.807) is 31.5 Å². The molecule has 1 aromatic carbocycles. The minimum atomic E-state index is -1.06. The summed E-state index contributed by atoms with van der Waals surface area (Å²) in [7, 11) is 0. The first-order valence-corrected chi connectivity index (χ1v) is 8.12. The summed E-state index contributed by atoms with van der Waals surface area (Å²) in [6.07, 6.45) is 3.21. The molecule has 128 valence electrons. The van der Waals surface area contributed by atoms with E-state index in [1.165, 1.54) is 10.7 Å². The molecule has 0 aliphatic heterocycles. The predicted octanol–water partition coefficient (Wildman–Crippen LogP) is 2.70. The van der Waals surface area contributed by atoms with Gasteiger partial charge in [0.2, 0.25) is 5.16 Å². The van der Waals surface area contributed by atoms with E-state index in [-0.39, 0.29) is 11.3 Å². The Morgan fingerprint density at radius 1 is 1.16 bits per heavy atom. The van der Waals surface area contributed by atoms with E-state index in [9.17, 15) is 13.6 Å². The zero-order chi connectivity index (χ0) is 18.0. The maximum atomic E-state index is 13.3. The van der Waals surface area contributed by atoms with Crippen LogP contribution in [0.25, 0.3) is 11.4 Å². The average molecular weight is 361 g/mol. The number of hydrogen-bond donors (Lipinski definition) is 1. The van der Waals surface area contributed by atoms with Gasteiger partial charge in [-0.05, 0) is 37.3 Å². The molecular weight excluding hydrogens is 348 g/mol. The lowest BCUT2D eigenvalue weighted by molar-refractivity contribution is 0.0993. The molecule has 9 heteroatoms. The summed E-state index contributed by atoms with van der Waals surface area (Å²) in [5.74, 6) is 4.00. The van der Waals surface area contributed by atoms with E-state index in [0.717, 1.165) is 29.5 Å². The van der Waals surface area contributed by atoms with Crippen molar-refractivity contribution in [2.45, 2.75) is 17.3 Å². The summed E-state index contributed by atoms with van der Waals surface area (Å²) in [6, 6.07) is 6.51. The molecule has 0 spiro atoms. The number of carbonyl (C=O) groups excluding carboxylic acids is 1. The summed E-state index contributed by atoms with van der Waals surface area (Å²) in [4.78, 5) is 16.3. The Hall–Kier alpha value is -2.81. The Morgan fingerprint density at radius 2 is 1.88 bits per heavy atom. The van der Waals surface area contributed by atoms with E-state index < -0.39 is 16.9 Å². The second kappa shape index (κ2) is 6.98. The van der Waals surface area contributed by atoms with Gasteiger partial charge in [-0.25, -0.2) is 13.5 Å². The summed E-state index contributed by atoms with van der Waals surface area (Å²) < 4.78 is 27.6. The van der Waals surface area contributed by atoms with Gasteiger partial charge in [0, 0.05) is 23.5 Å². The lowest BCUT2D eigenvalue weighted by Crippen LogP contribution is -2.17. The Labute approximate surface area is 146 Å². The highest BCUT2D eigenvalue weighted by atomic mass is 32.2. The fraction of sp³-hybridized carbons (Fsp3) is 0.125. The second-order valence-corrected chi connectivity index (χ2v) is 6.47. The molecule has 0 aliphatic carbocycles. The third-order valence-electron chi connectivity index (χ3n) is 3.46. The molecule has 0 saturated heterocycles. The van der Waals surface area contributed by atoms with Gasteiger partial charge < -0.3 is 5.84 Å². The highest BCUT2D eigenvalue weighted by Gasteiger charge is 2.22. The van der Waals surface area contributed by atoms with Crippen molar-refractivity contribution in [2.24, 2.45) is 0 Å². The molecule has 6 nitrogen and oxygen atoms in total. The maximum Gasteiger partial charge on any atom is 0.210 e. The first-order valence-electron chi connectivity index (χ1n) is 7.24. The van der Waals surface area contributed by atoms with Crippen LogP contribution in [-0.4, -0.2) is 30.9 Å². The minimum Gasteiger partial charge on any atom is -0.335 e. The van der Waals surface area contributed by atoms with Crippen LogP contribution in [0.2, 0.25) is 0 Å². The van der Waals surface area contributed by atoms with Gasteiger partial charge in [-0.2, -0.15) is 0 Å². The molecule has 25 heavy (non-hydrogen) atoms. The number of pyridine rings is 1. The quantitative estimate of drug-likeness (QED) is 0.427. The summed E-state index contributed by atoms with van der Waals surface area (Å²) in [6.45, 7) is 1.63. The minimum absolute atomic E-state index is 0.0799. The lowest BCUT2D eigenvalue weighted by Gasteiger charge is -2.10. The average Bonchev–Trinajstić information content (AvgIpc) is 2.98. The Kier molecular flexibility index (Phi) is 4.75. The van der Waals surface area contributed by atoms with Crippen molar-refractivity contribution >= 4 is 17.5 Å². The smallest absolute Gasteiger partial charge is 0.210 e. The SMILES string of the molecule is C[C@@H](Sc1nnc(-c2ccncc2)n1N)C(=O)c1ccc(F)c(F)c1. The van der Waals surface area contributed by atoms with Crippen LogP contribution in [0, 0.1) is 11.6 Å². The van der Waals surface area contributed by atoms with Crippen molar-refractivity contribution in [3.8, 4) is 11.4 Å². The largest absolute Gasteiger partial charge is 0.335 e. The van der Waals surface area contributed by atoms with E-state index in [4.69, 9.17) is 5.84 Å². The molecule has 0 saturated carbocycles. The number of Topliss-reactive ketones (excluding diaryl/α,β-unsaturated/α-hetero) is 1. The van der Waals surface area contributed by atoms with Gasteiger partial charge >= 0.3 is 0 Å². The van der Waals surface area contributed by atoms with Crippen LogP contribution in [0.15, 0.2) is 47.9 Å². The van der Waals surface area contributed by atoms with E-state index in [2.05, 4.69) is 15.2 Å². The van der Waals surface area contributed by atoms with Gasteiger partial charge in [-0.15, -0.1) is 10.2 Å². The maximum absolute atomic E-state index is 13.3. The molecular formula is C16H13F2N5OS. The third-order valence-corrected chi connectivity index (χ3v) is 4.52. The molecule has 0 aliphatic rings. The number of hydrogen-bond acceptors (Lipinski definition) is 6. The topological polar surface area (TPSA) is 86.7 Å². The fourth-order valence-electron chi connectivity index (χ4n) is 2.15. The number of benzene rings is 1. The van der Waals surface area contributed by atoms with Crippen LogP contribution in [-0.2, 0) is 0 Å². The molecule has 0 fully saturated rings.